The molecule has 0 saturated carbocycles. The van der Waals surface area contributed by atoms with Crippen LogP contribution < -0.4 is 20.1 Å². The van der Waals surface area contributed by atoms with Crippen LogP contribution in [0.25, 0.3) is 0 Å². The van der Waals surface area contributed by atoms with Crippen molar-refractivity contribution < 1.29 is 19.0 Å². The van der Waals surface area contributed by atoms with Crippen molar-refractivity contribution in [2.24, 2.45) is 5.92 Å². The first-order chi connectivity index (χ1) is 10.3. The van der Waals surface area contributed by atoms with Gasteiger partial charge in [-0.05, 0) is 30.5 Å². The van der Waals surface area contributed by atoms with E-state index >= 15 is 0 Å². The van der Waals surface area contributed by atoms with Gasteiger partial charge in [-0.2, -0.15) is 0 Å². The highest BCUT2D eigenvalue weighted by Gasteiger charge is 2.16. The predicted octanol–water partition coefficient (Wildman–Crippen LogP) is 1.29. The van der Waals surface area contributed by atoms with Crippen LogP contribution in [-0.2, 0) is 11.2 Å². The minimum Gasteiger partial charge on any atom is -0.454 e. The Balaban J connectivity index is 1.36. The van der Waals surface area contributed by atoms with Crippen LogP contribution in [0.4, 0.5) is 4.79 Å². The fraction of sp³-hybridized carbons (Fsp3) is 0.533. The number of benzene rings is 1. The molecule has 6 nitrogen and oxygen atoms in total. The number of nitrogens with one attached hydrogen (secondary N) is 2. The Hall–Kier alpha value is -1.95. The minimum absolute atomic E-state index is 0.123. The number of ether oxygens (including phenoxy) is 3. The number of hydrogen-bond donors (Lipinski definition) is 2. The first-order valence-corrected chi connectivity index (χ1v) is 7.29. The van der Waals surface area contributed by atoms with Crippen molar-refractivity contribution in [1.29, 1.82) is 0 Å². The summed E-state index contributed by atoms with van der Waals surface area (Å²) in [7, 11) is 0. The summed E-state index contributed by atoms with van der Waals surface area (Å²) in [5.74, 6) is 2.01. The summed E-state index contributed by atoms with van der Waals surface area (Å²) in [6, 6.07) is 5.72. The van der Waals surface area contributed by atoms with Crippen molar-refractivity contribution >= 4 is 6.03 Å². The third-order valence-electron chi connectivity index (χ3n) is 3.71. The highest BCUT2D eigenvalue weighted by Crippen LogP contribution is 2.32. The molecule has 2 amide bonds. The Morgan fingerprint density at radius 2 is 2.14 bits per heavy atom. The van der Waals surface area contributed by atoms with Gasteiger partial charge in [-0.25, -0.2) is 4.79 Å². The maximum atomic E-state index is 11.7. The zero-order valence-electron chi connectivity index (χ0n) is 11.9. The van der Waals surface area contributed by atoms with Gasteiger partial charge in [0.1, 0.15) is 0 Å². The van der Waals surface area contributed by atoms with E-state index in [1.54, 1.807) is 0 Å². The second-order valence-corrected chi connectivity index (χ2v) is 5.30. The predicted molar refractivity (Wildman–Crippen MR) is 76.6 cm³/mol. The molecule has 1 saturated heterocycles. The van der Waals surface area contributed by atoms with Crippen molar-refractivity contribution in [2.45, 2.75) is 12.8 Å². The molecule has 0 aromatic heterocycles. The summed E-state index contributed by atoms with van der Waals surface area (Å²) in [5, 5.41) is 5.74. The molecule has 3 rings (SSSR count). The average molecular weight is 292 g/mol. The Morgan fingerprint density at radius 3 is 3.00 bits per heavy atom. The molecule has 1 atom stereocenters. The first-order valence-electron chi connectivity index (χ1n) is 7.29. The summed E-state index contributed by atoms with van der Waals surface area (Å²) < 4.78 is 15.9. The van der Waals surface area contributed by atoms with Crippen molar-refractivity contribution in [2.75, 3.05) is 33.1 Å². The quantitative estimate of drug-likeness (QED) is 0.858. The van der Waals surface area contributed by atoms with Gasteiger partial charge in [0, 0.05) is 25.6 Å². The van der Waals surface area contributed by atoms with Crippen LogP contribution in [0.5, 0.6) is 11.5 Å². The fourth-order valence-corrected chi connectivity index (χ4v) is 2.46. The van der Waals surface area contributed by atoms with Crippen LogP contribution in [0.2, 0.25) is 0 Å². The van der Waals surface area contributed by atoms with Crippen molar-refractivity contribution in [3.05, 3.63) is 23.8 Å². The Kier molecular flexibility index (Phi) is 4.45. The van der Waals surface area contributed by atoms with Crippen LogP contribution in [0.1, 0.15) is 12.0 Å². The Labute approximate surface area is 123 Å². The topological polar surface area (TPSA) is 68.8 Å². The average Bonchev–Trinajstić information content (AvgIpc) is 3.16. The number of carbonyl (C=O) groups is 1. The second-order valence-electron chi connectivity index (χ2n) is 5.30. The summed E-state index contributed by atoms with van der Waals surface area (Å²) in [4.78, 5) is 11.7. The van der Waals surface area contributed by atoms with Crippen molar-refractivity contribution in [1.82, 2.24) is 10.6 Å². The van der Waals surface area contributed by atoms with E-state index in [4.69, 9.17) is 14.2 Å². The van der Waals surface area contributed by atoms with Crippen LogP contribution in [0.3, 0.4) is 0 Å². The van der Waals surface area contributed by atoms with Crippen molar-refractivity contribution in [3.8, 4) is 11.5 Å². The molecule has 114 valence electrons. The molecule has 2 aliphatic heterocycles. The normalized spacial score (nSPS) is 19.5. The van der Waals surface area contributed by atoms with Gasteiger partial charge in [0.05, 0.1) is 6.61 Å². The zero-order valence-corrected chi connectivity index (χ0v) is 11.9. The molecule has 0 aliphatic carbocycles. The maximum absolute atomic E-state index is 11.7. The molecule has 0 radical (unpaired) electrons. The summed E-state index contributed by atoms with van der Waals surface area (Å²) in [5.41, 5.74) is 1.11. The van der Waals surface area contributed by atoms with Gasteiger partial charge in [0.25, 0.3) is 0 Å². The van der Waals surface area contributed by atoms with E-state index in [1.807, 2.05) is 18.2 Å². The lowest BCUT2D eigenvalue weighted by Crippen LogP contribution is -2.39. The van der Waals surface area contributed by atoms with Gasteiger partial charge >= 0.3 is 6.03 Å². The molecule has 2 N–H and O–H groups in total. The Bertz CT molecular complexity index is 500. The van der Waals surface area contributed by atoms with Gasteiger partial charge in [0.2, 0.25) is 6.79 Å². The number of urea groups is 1. The standard InChI is InChI=1S/C15H20N2O4/c18-15(17-8-12-4-6-19-9-12)16-5-3-11-1-2-13-14(7-11)21-10-20-13/h1-2,7,12H,3-6,8-10H2,(H2,16,17,18)/t12-/m1/s1. The molecule has 1 aromatic rings. The molecule has 0 spiro atoms. The van der Waals surface area contributed by atoms with E-state index in [-0.39, 0.29) is 12.8 Å². The van der Waals surface area contributed by atoms with E-state index in [2.05, 4.69) is 10.6 Å². The highest BCUT2D eigenvalue weighted by atomic mass is 16.7. The minimum atomic E-state index is -0.123. The highest BCUT2D eigenvalue weighted by molar-refractivity contribution is 5.73. The third kappa shape index (κ3) is 3.78. The number of hydrogen-bond acceptors (Lipinski definition) is 4. The summed E-state index contributed by atoms with van der Waals surface area (Å²) >= 11 is 0. The van der Waals surface area contributed by atoms with Crippen LogP contribution in [0.15, 0.2) is 18.2 Å². The molecule has 6 heteroatoms. The smallest absolute Gasteiger partial charge is 0.314 e. The molecular weight excluding hydrogens is 272 g/mol. The van der Waals surface area contributed by atoms with Crippen LogP contribution in [0, 0.1) is 5.92 Å². The fourth-order valence-electron chi connectivity index (χ4n) is 2.46. The number of amides is 2. The summed E-state index contributed by atoms with van der Waals surface area (Å²) in [6.07, 6.45) is 1.79. The molecule has 1 aromatic carbocycles. The van der Waals surface area contributed by atoms with E-state index in [9.17, 15) is 4.79 Å². The molecule has 1 fully saturated rings. The largest absolute Gasteiger partial charge is 0.454 e. The van der Waals surface area contributed by atoms with E-state index in [0.29, 0.717) is 19.0 Å². The first kappa shape index (κ1) is 14.0. The number of carbonyl (C=O) groups excluding carboxylic acids is 1. The lowest BCUT2D eigenvalue weighted by atomic mass is 10.1. The van der Waals surface area contributed by atoms with Gasteiger partial charge < -0.3 is 24.8 Å². The molecule has 0 unspecified atom stereocenters. The third-order valence-corrected chi connectivity index (χ3v) is 3.71. The number of rotatable bonds is 5. The van der Waals surface area contributed by atoms with Gasteiger partial charge in [-0.15, -0.1) is 0 Å². The second kappa shape index (κ2) is 6.67. The van der Waals surface area contributed by atoms with Crippen molar-refractivity contribution in [3.63, 3.8) is 0 Å². The molecule has 2 heterocycles. The van der Waals surface area contributed by atoms with Gasteiger partial charge in [0.15, 0.2) is 11.5 Å². The molecule has 2 aliphatic rings. The van der Waals surface area contributed by atoms with E-state index in [0.717, 1.165) is 43.1 Å². The number of fused-ring (bicyclic) bond motifs is 1. The Morgan fingerprint density at radius 1 is 1.24 bits per heavy atom. The van der Waals surface area contributed by atoms with E-state index < -0.39 is 0 Å². The van der Waals surface area contributed by atoms with Gasteiger partial charge in [-0.3, -0.25) is 0 Å². The molecule has 0 bridgehead atoms. The monoisotopic (exact) mass is 292 g/mol. The zero-order chi connectivity index (χ0) is 14.5. The van der Waals surface area contributed by atoms with E-state index in [1.165, 1.54) is 0 Å². The molecule has 21 heavy (non-hydrogen) atoms. The van der Waals surface area contributed by atoms with Crippen LogP contribution in [-0.4, -0.2) is 39.1 Å². The lowest BCUT2D eigenvalue weighted by Gasteiger charge is -2.10. The summed E-state index contributed by atoms with van der Waals surface area (Å²) in [6.45, 7) is 3.10. The van der Waals surface area contributed by atoms with Crippen LogP contribution >= 0.6 is 0 Å². The van der Waals surface area contributed by atoms with Gasteiger partial charge in [-0.1, -0.05) is 6.07 Å². The molecular formula is C15H20N2O4. The lowest BCUT2D eigenvalue weighted by molar-refractivity contribution is 0.174. The SMILES string of the molecule is O=C(NCCc1ccc2c(c1)OCO2)NC[C@H]1CCOC1. The maximum Gasteiger partial charge on any atom is 0.314 e.